The Kier molecular flexibility index (Phi) is 36.9. The van der Waals surface area contributed by atoms with Gasteiger partial charge < -0.3 is 19.6 Å². The van der Waals surface area contributed by atoms with Crippen LogP contribution in [-0.2, 0) is 14.4 Å². The van der Waals surface area contributed by atoms with Gasteiger partial charge in [-0.05, 0) is 70.6 Å². The van der Waals surface area contributed by atoms with Crippen LogP contribution in [0.4, 0.5) is 0 Å². The van der Waals surface area contributed by atoms with E-state index in [9.17, 15) is 24.6 Å². The number of carbonyl (C=O) groups is 3. The summed E-state index contributed by atoms with van der Waals surface area (Å²) < 4.78 is 0.394. The first kappa shape index (κ1) is 54.2. The molecule has 318 valence electrons. The van der Waals surface area contributed by atoms with E-state index in [0.717, 1.165) is 64.2 Å². The number of nitrogens with zero attached hydrogens (tertiary/aromatic N) is 2. The van der Waals surface area contributed by atoms with Crippen LogP contribution in [0.3, 0.4) is 0 Å². The molecule has 2 N–H and O–H groups in total. The van der Waals surface area contributed by atoms with E-state index in [1.165, 1.54) is 109 Å². The molecule has 0 aliphatic heterocycles. The highest BCUT2D eigenvalue weighted by Gasteiger charge is 2.46. The Hall–Kier alpha value is -1.86. The number of carboxylic acid groups (broad SMARTS) is 2. The molecule has 54 heavy (non-hydrogen) atoms. The Bertz CT molecular complexity index is 963. The summed E-state index contributed by atoms with van der Waals surface area (Å²) >= 11 is 0. The zero-order valence-corrected chi connectivity index (χ0v) is 36.9. The molecule has 0 aliphatic carbocycles. The van der Waals surface area contributed by atoms with E-state index in [-0.39, 0.29) is 37.7 Å². The number of halogens is 1. The van der Waals surface area contributed by atoms with Gasteiger partial charge in [0.05, 0.1) is 21.1 Å². The number of allylic oxidation sites excluding steroid dienone is 4. The summed E-state index contributed by atoms with van der Waals surface area (Å²) in [7, 11) is 5.81. The molecule has 0 saturated heterocycles. The lowest BCUT2D eigenvalue weighted by atomic mass is 9.84. The standard InChI is InChI=1S/C46H86N2O5.ClH/c1-6-8-10-12-14-16-18-20-22-24-26-28-30-32-34-36-39-46(45(52)53,40-38-44(50)51)47(43(49)42-48(3,4)5)41-37-35-33-31-29-27-25-23-21-19-17-15-13-11-9-7-2;/h20-23H,6-19,24-42H2,1-5H3,(H-,50,51,52,53);1H/p+1/b22-20-,23-21-;/t46-;/m1./s1. The summed E-state index contributed by atoms with van der Waals surface area (Å²) in [6.45, 7) is 5.05. The zero-order chi connectivity index (χ0) is 39.5. The van der Waals surface area contributed by atoms with Gasteiger partial charge in [0.15, 0.2) is 6.54 Å². The number of hydrogen-bond donors (Lipinski definition) is 2. The fourth-order valence-electron chi connectivity index (χ4n) is 7.29. The predicted octanol–water partition coefficient (Wildman–Crippen LogP) is 13.1. The van der Waals surface area contributed by atoms with E-state index in [1.807, 2.05) is 21.1 Å². The number of amides is 1. The number of likely N-dealkylation sites (N-methyl/N-ethyl adjacent to an activating group) is 1. The maximum absolute atomic E-state index is 13.8. The summed E-state index contributed by atoms with van der Waals surface area (Å²) in [5, 5.41) is 20.3. The van der Waals surface area contributed by atoms with Crippen molar-refractivity contribution >= 4 is 30.3 Å². The van der Waals surface area contributed by atoms with Crippen molar-refractivity contribution in [3.8, 4) is 0 Å². The topological polar surface area (TPSA) is 94.9 Å². The summed E-state index contributed by atoms with van der Waals surface area (Å²) in [5.41, 5.74) is -1.49. The number of hydrogen-bond acceptors (Lipinski definition) is 3. The minimum absolute atomic E-state index is 0. The highest BCUT2D eigenvalue weighted by molar-refractivity contribution is 5.88. The molecule has 0 radical (unpaired) electrons. The smallest absolute Gasteiger partial charge is 0.329 e. The van der Waals surface area contributed by atoms with Crippen LogP contribution in [0.25, 0.3) is 0 Å². The van der Waals surface area contributed by atoms with Crippen molar-refractivity contribution in [3.05, 3.63) is 24.3 Å². The van der Waals surface area contributed by atoms with E-state index in [2.05, 4.69) is 38.2 Å². The van der Waals surface area contributed by atoms with Crippen LogP contribution in [0.1, 0.15) is 213 Å². The minimum atomic E-state index is -1.49. The van der Waals surface area contributed by atoms with Crippen molar-refractivity contribution in [1.82, 2.24) is 4.90 Å². The van der Waals surface area contributed by atoms with Gasteiger partial charge in [0, 0.05) is 13.0 Å². The number of rotatable bonds is 39. The van der Waals surface area contributed by atoms with Gasteiger partial charge in [-0.1, -0.05) is 160 Å². The molecule has 0 fully saturated rings. The first-order valence-corrected chi connectivity index (χ1v) is 22.4. The summed E-state index contributed by atoms with van der Waals surface area (Å²) in [5.74, 6) is -2.28. The fraction of sp³-hybridized carbons (Fsp3) is 0.848. The van der Waals surface area contributed by atoms with Crippen molar-refractivity contribution in [2.24, 2.45) is 0 Å². The third kappa shape index (κ3) is 31.4. The molecule has 8 heteroatoms. The molecular formula is C46H88ClN2O5+. The van der Waals surface area contributed by atoms with Gasteiger partial charge in [-0.3, -0.25) is 9.59 Å². The summed E-state index contributed by atoms with van der Waals surface area (Å²) in [6.07, 6.45) is 42.2. The van der Waals surface area contributed by atoms with Gasteiger partial charge in [0.25, 0.3) is 5.91 Å². The average molecular weight is 785 g/mol. The molecule has 0 aliphatic rings. The summed E-state index contributed by atoms with van der Waals surface area (Å²) in [6, 6.07) is 0. The molecule has 0 unspecified atom stereocenters. The third-order valence-corrected chi connectivity index (χ3v) is 10.6. The highest BCUT2D eigenvalue weighted by atomic mass is 35.5. The van der Waals surface area contributed by atoms with Crippen LogP contribution in [0.2, 0.25) is 0 Å². The zero-order valence-electron chi connectivity index (χ0n) is 36.1. The third-order valence-electron chi connectivity index (χ3n) is 10.6. The van der Waals surface area contributed by atoms with Crippen LogP contribution in [0, 0.1) is 0 Å². The Morgan fingerprint density at radius 2 is 0.870 bits per heavy atom. The average Bonchev–Trinajstić information content (AvgIpc) is 3.10. The Morgan fingerprint density at radius 3 is 1.22 bits per heavy atom. The second-order valence-electron chi connectivity index (χ2n) is 16.8. The quantitative estimate of drug-likeness (QED) is 0.0368. The molecule has 0 spiro atoms. The van der Waals surface area contributed by atoms with Crippen molar-refractivity contribution < 1.29 is 29.1 Å². The first-order valence-electron chi connectivity index (χ1n) is 22.4. The van der Waals surface area contributed by atoms with E-state index >= 15 is 0 Å². The molecule has 0 aromatic rings. The predicted molar refractivity (Wildman–Crippen MR) is 233 cm³/mol. The van der Waals surface area contributed by atoms with Crippen molar-refractivity contribution in [3.63, 3.8) is 0 Å². The van der Waals surface area contributed by atoms with E-state index < -0.39 is 17.5 Å². The molecule has 0 rings (SSSR count). The molecule has 0 aromatic heterocycles. The van der Waals surface area contributed by atoms with Crippen LogP contribution in [-0.4, -0.2) is 77.2 Å². The van der Waals surface area contributed by atoms with Crippen molar-refractivity contribution in [2.45, 2.75) is 218 Å². The number of carboxylic acids is 2. The number of unbranched alkanes of at least 4 members (excludes halogenated alkanes) is 24. The maximum Gasteiger partial charge on any atom is 0.329 e. The number of aliphatic carboxylic acids is 2. The molecule has 0 saturated carbocycles. The monoisotopic (exact) mass is 784 g/mol. The van der Waals surface area contributed by atoms with Crippen LogP contribution in [0.15, 0.2) is 24.3 Å². The van der Waals surface area contributed by atoms with Gasteiger partial charge in [0.1, 0.15) is 5.54 Å². The molecule has 1 atom stereocenters. The normalized spacial score (nSPS) is 13.0. The number of carbonyl (C=O) groups excluding carboxylic acids is 1. The lowest BCUT2D eigenvalue weighted by Crippen LogP contribution is -2.60. The van der Waals surface area contributed by atoms with Gasteiger partial charge in [-0.15, -0.1) is 12.4 Å². The van der Waals surface area contributed by atoms with Gasteiger partial charge in [-0.25, -0.2) is 4.79 Å². The Balaban J connectivity index is 0. The summed E-state index contributed by atoms with van der Waals surface area (Å²) in [4.78, 5) is 40.2. The second-order valence-corrected chi connectivity index (χ2v) is 16.8. The van der Waals surface area contributed by atoms with E-state index in [1.54, 1.807) is 4.90 Å². The highest BCUT2D eigenvalue weighted by Crippen LogP contribution is 2.31. The molecule has 0 bridgehead atoms. The molecule has 7 nitrogen and oxygen atoms in total. The van der Waals surface area contributed by atoms with Gasteiger partial charge in [0.2, 0.25) is 0 Å². The van der Waals surface area contributed by atoms with Crippen molar-refractivity contribution in [2.75, 3.05) is 34.2 Å². The van der Waals surface area contributed by atoms with Crippen LogP contribution >= 0.6 is 12.4 Å². The first-order chi connectivity index (χ1) is 25.5. The van der Waals surface area contributed by atoms with Gasteiger partial charge in [-0.2, -0.15) is 0 Å². The Labute approximate surface area is 340 Å². The van der Waals surface area contributed by atoms with Crippen LogP contribution in [0.5, 0.6) is 0 Å². The minimum Gasteiger partial charge on any atom is -0.481 e. The SMILES string of the molecule is CCCCCCCC/C=C\CCCCCCCCN(C(=O)C[N+](C)(C)C)[C@](CCCCCCCC/C=C\CCCCCCCC)(CCC(=O)O)C(=O)O.Cl. The number of quaternary nitrogens is 1. The Morgan fingerprint density at radius 1 is 0.519 bits per heavy atom. The van der Waals surface area contributed by atoms with E-state index in [0.29, 0.717) is 23.9 Å². The lowest BCUT2D eigenvalue weighted by Gasteiger charge is -2.42. The second kappa shape index (κ2) is 36.8. The fourth-order valence-corrected chi connectivity index (χ4v) is 7.29. The largest absolute Gasteiger partial charge is 0.481 e. The van der Waals surface area contributed by atoms with Gasteiger partial charge >= 0.3 is 11.9 Å². The van der Waals surface area contributed by atoms with E-state index in [4.69, 9.17) is 0 Å². The molecule has 0 aromatic carbocycles. The lowest BCUT2D eigenvalue weighted by molar-refractivity contribution is -0.862. The molecule has 1 amide bonds. The van der Waals surface area contributed by atoms with Crippen LogP contribution < -0.4 is 0 Å². The van der Waals surface area contributed by atoms with Crippen molar-refractivity contribution in [1.29, 1.82) is 0 Å². The maximum atomic E-state index is 13.8. The molecular weight excluding hydrogens is 696 g/mol. The molecule has 0 heterocycles.